The summed E-state index contributed by atoms with van der Waals surface area (Å²) < 4.78 is 2.48. The highest BCUT2D eigenvalue weighted by Gasteiger charge is 2.41. The van der Waals surface area contributed by atoms with Crippen molar-refractivity contribution in [2.24, 2.45) is 0 Å². The van der Waals surface area contributed by atoms with E-state index >= 15 is 0 Å². The van der Waals surface area contributed by atoms with Crippen LogP contribution in [-0.2, 0) is 16.2 Å². The van der Waals surface area contributed by atoms with E-state index in [1.54, 1.807) is 0 Å². The molecule has 0 spiro atoms. The summed E-state index contributed by atoms with van der Waals surface area (Å²) in [7, 11) is 0. The molecule has 11 aromatic carbocycles. The normalized spacial score (nSPS) is 13.4. The molecule has 370 valence electrons. The third kappa shape index (κ3) is 7.57. The first-order valence-corrected chi connectivity index (χ1v) is 27.5. The van der Waals surface area contributed by atoms with Crippen LogP contribution in [-0.4, -0.2) is 4.57 Å². The van der Waals surface area contributed by atoms with Crippen molar-refractivity contribution in [3.05, 3.63) is 246 Å². The molecule has 1 aromatic heterocycles. The fourth-order valence-electron chi connectivity index (χ4n) is 13.0. The maximum absolute atomic E-state index is 2.57. The minimum absolute atomic E-state index is 0.0219. The maximum atomic E-state index is 2.57. The van der Waals surface area contributed by atoms with Gasteiger partial charge in [0.15, 0.2) is 0 Å². The van der Waals surface area contributed by atoms with Gasteiger partial charge in [-0.3, -0.25) is 0 Å². The van der Waals surface area contributed by atoms with Gasteiger partial charge in [-0.15, -0.1) is 0 Å². The van der Waals surface area contributed by atoms with Crippen LogP contribution in [0.4, 0.5) is 0 Å². The summed E-state index contributed by atoms with van der Waals surface area (Å²) in [6.07, 6.45) is 6.65. The van der Waals surface area contributed by atoms with Crippen LogP contribution >= 0.6 is 0 Å². The monoisotopic (exact) mass is 980 g/mol. The largest absolute Gasteiger partial charge is 0.309 e. The molecule has 0 amide bonds. The number of hydrogen-bond acceptors (Lipinski definition) is 0. The van der Waals surface area contributed by atoms with Crippen molar-refractivity contribution in [3.63, 3.8) is 0 Å². The first-order chi connectivity index (χ1) is 36.8. The summed E-state index contributed by atoms with van der Waals surface area (Å²) in [4.78, 5) is 0. The zero-order valence-corrected chi connectivity index (χ0v) is 45.2. The Balaban J connectivity index is 0.936. The summed E-state index contributed by atoms with van der Waals surface area (Å²) in [5.74, 6) is 0. The summed E-state index contributed by atoms with van der Waals surface area (Å²) in [6, 6.07) is 80.5. The van der Waals surface area contributed by atoms with E-state index in [9.17, 15) is 0 Å². The third-order valence-corrected chi connectivity index (χ3v) is 17.1. The van der Waals surface area contributed by atoms with E-state index in [0.29, 0.717) is 0 Å². The van der Waals surface area contributed by atoms with Gasteiger partial charge in [0.1, 0.15) is 0 Å². The third-order valence-electron chi connectivity index (χ3n) is 17.1. The number of benzene rings is 11. The lowest BCUT2D eigenvalue weighted by atomic mass is 9.73. The van der Waals surface area contributed by atoms with Crippen molar-refractivity contribution in [2.45, 2.75) is 84.5 Å². The first-order valence-electron chi connectivity index (χ1n) is 27.5. The number of aromatic nitrogens is 1. The van der Waals surface area contributed by atoms with Gasteiger partial charge in [-0.1, -0.05) is 237 Å². The lowest BCUT2D eigenvalue weighted by molar-refractivity contribution is 0.490. The van der Waals surface area contributed by atoms with E-state index in [4.69, 9.17) is 0 Å². The minimum Gasteiger partial charge on any atom is -0.309 e. The highest BCUT2D eigenvalue weighted by atomic mass is 15.0. The average molecular weight is 980 g/mol. The van der Waals surface area contributed by atoms with Gasteiger partial charge in [0.2, 0.25) is 0 Å². The lowest BCUT2D eigenvalue weighted by Crippen LogP contribution is -2.23. The van der Waals surface area contributed by atoms with E-state index in [2.05, 4.69) is 284 Å². The maximum Gasteiger partial charge on any atom is 0.0541 e. The number of para-hydroxylation sites is 1. The van der Waals surface area contributed by atoms with Crippen molar-refractivity contribution in [3.8, 4) is 50.2 Å². The van der Waals surface area contributed by atoms with E-state index in [1.807, 2.05) is 0 Å². The Kier molecular flexibility index (Phi) is 11.2. The molecule has 0 N–H and O–H groups in total. The standard InChI is InChI=1S/C75H65N/c1-9-75(10-2)66-42-49(34-33-48-36-40-69-65(41-48)60-29-21-22-32-68(60)76(69)55-45-53(73(3,4)5)44-54(46-55)74(6,7)8)35-38-58(66)59-39-37-52(43-67(59)75)64-47-63(50-23-13-11-14-24-50)71-61-30-19-17-27-56(61)57-28-18-20-31-62(57)72(71)70(64)51-25-15-12-16-26-51/h11-47H,9-10H2,1-8H3/b34-33+. The van der Waals surface area contributed by atoms with E-state index < -0.39 is 0 Å². The summed E-state index contributed by atoms with van der Waals surface area (Å²) in [5.41, 5.74) is 21.8. The molecule has 1 nitrogen and oxygen atoms in total. The van der Waals surface area contributed by atoms with E-state index in [1.165, 1.54) is 138 Å². The van der Waals surface area contributed by atoms with Crippen LogP contribution in [0.15, 0.2) is 212 Å². The molecule has 0 fully saturated rings. The molecule has 13 rings (SSSR count). The zero-order valence-electron chi connectivity index (χ0n) is 45.2. The van der Waals surface area contributed by atoms with Gasteiger partial charge in [0.05, 0.1) is 11.0 Å². The molecule has 1 aliphatic rings. The first kappa shape index (κ1) is 47.5. The van der Waals surface area contributed by atoms with Crippen molar-refractivity contribution in [2.75, 3.05) is 0 Å². The molecule has 0 saturated carbocycles. The van der Waals surface area contributed by atoms with Gasteiger partial charge in [-0.05, 0) is 176 Å². The summed E-state index contributed by atoms with van der Waals surface area (Å²) >= 11 is 0. The van der Waals surface area contributed by atoms with Crippen molar-refractivity contribution in [1.82, 2.24) is 4.57 Å². The van der Waals surface area contributed by atoms with Gasteiger partial charge in [0.25, 0.3) is 0 Å². The Bertz CT molecular complexity index is 4260. The second kappa shape index (κ2) is 18.0. The molecular formula is C75H65N. The topological polar surface area (TPSA) is 4.93 Å². The molecule has 12 aromatic rings. The van der Waals surface area contributed by atoms with Crippen molar-refractivity contribution >= 4 is 66.3 Å². The Hall–Kier alpha value is -8.26. The van der Waals surface area contributed by atoms with Crippen LogP contribution in [0.3, 0.4) is 0 Å². The minimum atomic E-state index is -0.142. The van der Waals surface area contributed by atoms with Gasteiger partial charge >= 0.3 is 0 Å². The Morgan fingerprint density at radius 2 is 0.868 bits per heavy atom. The molecule has 0 aliphatic heterocycles. The summed E-state index contributed by atoms with van der Waals surface area (Å²) in [6.45, 7) is 18.7. The van der Waals surface area contributed by atoms with Crippen LogP contribution < -0.4 is 0 Å². The quantitative estimate of drug-likeness (QED) is 0.106. The van der Waals surface area contributed by atoms with Crippen LogP contribution in [0.5, 0.6) is 0 Å². The molecule has 1 heterocycles. The Morgan fingerprint density at radius 3 is 1.49 bits per heavy atom. The number of rotatable bonds is 8. The fourth-order valence-corrected chi connectivity index (χ4v) is 13.0. The zero-order chi connectivity index (χ0) is 52.1. The predicted molar refractivity (Wildman–Crippen MR) is 329 cm³/mol. The lowest BCUT2D eigenvalue weighted by Gasteiger charge is -2.30. The van der Waals surface area contributed by atoms with E-state index in [0.717, 1.165) is 12.8 Å². The molecule has 0 radical (unpaired) electrons. The molecule has 1 aliphatic carbocycles. The van der Waals surface area contributed by atoms with Crippen LogP contribution in [0.1, 0.15) is 102 Å². The molecule has 76 heavy (non-hydrogen) atoms. The van der Waals surface area contributed by atoms with Gasteiger partial charge in [-0.25, -0.2) is 0 Å². The Morgan fingerprint density at radius 1 is 0.368 bits per heavy atom. The summed E-state index contributed by atoms with van der Waals surface area (Å²) in [5, 5.41) is 10.3. The fraction of sp³-hybridized carbons (Fsp3) is 0.173. The molecule has 0 bridgehead atoms. The second-order valence-electron chi connectivity index (χ2n) is 23.5. The van der Waals surface area contributed by atoms with Gasteiger partial charge in [-0.2, -0.15) is 0 Å². The number of fused-ring (bicyclic) bond motifs is 12. The number of nitrogens with zero attached hydrogens (tertiary/aromatic N) is 1. The second-order valence-corrected chi connectivity index (χ2v) is 23.5. The van der Waals surface area contributed by atoms with Crippen LogP contribution in [0, 0.1) is 0 Å². The predicted octanol–water partition coefficient (Wildman–Crippen LogP) is 21.1. The number of hydrogen-bond donors (Lipinski definition) is 0. The molecule has 0 unspecified atom stereocenters. The molecular weight excluding hydrogens is 915 g/mol. The SMILES string of the molecule is CCC1(CC)c2cc(/C=C/c3ccc4c(c3)c3ccccc3n4-c3cc(C(C)(C)C)cc(C(C)(C)C)c3)ccc2-c2ccc(-c3cc(-c4ccccc4)c4c5ccccc5c5ccccc5c4c3-c3ccccc3)cc21. The van der Waals surface area contributed by atoms with Gasteiger partial charge in [0, 0.05) is 21.9 Å². The van der Waals surface area contributed by atoms with Crippen molar-refractivity contribution in [1.29, 1.82) is 0 Å². The van der Waals surface area contributed by atoms with Crippen LogP contribution in [0.2, 0.25) is 0 Å². The highest BCUT2D eigenvalue weighted by Crippen LogP contribution is 2.56. The molecule has 0 saturated heterocycles. The average Bonchev–Trinajstić information content (AvgIpc) is 4.10. The molecule has 1 heteroatoms. The Labute approximate surface area is 448 Å². The molecule has 0 atom stereocenters. The van der Waals surface area contributed by atoms with E-state index in [-0.39, 0.29) is 16.2 Å². The van der Waals surface area contributed by atoms with Crippen LogP contribution in [0.25, 0.3) is 116 Å². The highest BCUT2D eigenvalue weighted by molar-refractivity contribution is 6.33. The smallest absolute Gasteiger partial charge is 0.0541 e. The van der Waals surface area contributed by atoms with Crippen molar-refractivity contribution < 1.29 is 0 Å². The van der Waals surface area contributed by atoms with Gasteiger partial charge < -0.3 is 4.57 Å².